The minimum atomic E-state index is -0.168. The molecule has 3 N–H and O–H groups in total. The number of pyridine rings is 1. The van der Waals surface area contributed by atoms with Gasteiger partial charge in [0.15, 0.2) is 0 Å². The van der Waals surface area contributed by atoms with Crippen molar-refractivity contribution in [3.63, 3.8) is 0 Å². The lowest BCUT2D eigenvalue weighted by Gasteiger charge is -2.22. The predicted octanol–water partition coefficient (Wildman–Crippen LogP) is 0.898. The van der Waals surface area contributed by atoms with Crippen LogP contribution in [0, 0.1) is 0 Å². The van der Waals surface area contributed by atoms with E-state index in [1.807, 2.05) is 0 Å². The third-order valence-electron chi connectivity index (χ3n) is 2.52. The topological polar surface area (TPSA) is 79.5 Å². The molecule has 94 valence electrons. The Morgan fingerprint density at radius 3 is 2.88 bits per heavy atom. The van der Waals surface area contributed by atoms with Gasteiger partial charge in [-0.1, -0.05) is 13.3 Å². The number of rotatable bonds is 6. The zero-order chi connectivity index (χ0) is 12.7. The molecule has 0 atom stereocenters. The highest BCUT2D eigenvalue weighted by Crippen LogP contribution is 2.12. The summed E-state index contributed by atoms with van der Waals surface area (Å²) in [5.41, 5.74) is 6.55. The third-order valence-corrected chi connectivity index (χ3v) is 2.52. The number of carbonyl (C=O) groups excluding carboxylic acids is 1. The zero-order valence-electron chi connectivity index (χ0n) is 10.1. The minimum Gasteiger partial charge on any atom is -0.398 e. The first kappa shape index (κ1) is 13.4. The lowest BCUT2D eigenvalue weighted by molar-refractivity contribution is 0.0720. The molecule has 1 rings (SSSR count). The summed E-state index contributed by atoms with van der Waals surface area (Å²) in [7, 11) is 0. The van der Waals surface area contributed by atoms with E-state index in [1.54, 1.807) is 17.2 Å². The van der Waals surface area contributed by atoms with Gasteiger partial charge in [0.05, 0.1) is 12.2 Å². The van der Waals surface area contributed by atoms with Crippen LogP contribution in [-0.2, 0) is 0 Å². The van der Waals surface area contributed by atoms with Gasteiger partial charge >= 0.3 is 0 Å². The van der Waals surface area contributed by atoms with Gasteiger partial charge in [-0.05, 0) is 12.5 Å². The molecule has 0 aliphatic rings. The second-order valence-electron chi connectivity index (χ2n) is 3.83. The van der Waals surface area contributed by atoms with Gasteiger partial charge in [-0.2, -0.15) is 0 Å². The highest BCUT2D eigenvalue weighted by molar-refractivity contribution is 5.98. The maximum Gasteiger partial charge on any atom is 0.257 e. The number of nitrogens with two attached hydrogens (primary N) is 1. The molecule has 0 aliphatic carbocycles. The van der Waals surface area contributed by atoms with Crippen molar-refractivity contribution < 1.29 is 9.90 Å². The molecular weight excluding hydrogens is 218 g/mol. The second-order valence-corrected chi connectivity index (χ2v) is 3.83. The summed E-state index contributed by atoms with van der Waals surface area (Å²) >= 11 is 0. The SMILES string of the molecule is CCCCN(CCO)C(=O)c1cnccc1N. The Kier molecular flexibility index (Phi) is 5.42. The number of unbranched alkanes of at least 4 members (excludes halogenated alkanes) is 1. The molecule has 0 fully saturated rings. The van der Waals surface area contributed by atoms with Crippen LogP contribution in [0.1, 0.15) is 30.1 Å². The second kappa shape index (κ2) is 6.85. The zero-order valence-corrected chi connectivity index (χ0v) is 10.1. The molecule has 0 aliphatic heterocycles. The summed E-state index contributed by atoms with van der Waals surface area (Å²) in [6, 6.07) is 1.60. The van der Waals surface area contributed by atoms with E-state index in [0.717, 1.165) is 12.8 Å². The van der Waals surface area contributed by atoms with Crippen molar-refractivity contribution in [2.45, 2.75) is 19.8 Å². The molecule has 1 aromatic heterocycles. The van der Waals surface area contributed by atoms with E-state index in [0.29, 0.717) is 24.3 Å². The Balaban J connectivity index is 2.80. The van der Waals surface area contributed by atoms with Crippen LogP contribution < -0.4 is 5.73 Å². The van der Waals surface area contributed by atoms with Crippen LogP contribution in [0.4, 0.5) is 5.69 Å². The molecule has 0 radical (unpaired) electrons. The van der Waals surface area contributed by atoms with Crippen molar-refractivity contribution in [2.24, 2.45) is 0 Å². The van der Waals surface area contributed by atoms with Crippen molar-refractivity contribution in [2.75, 3.05) is 25.4 Å². The molecule has 0 saturated carbocycles. The van der Waals surface area contributed by atoms with E-state index < -0.39 is 0 Å². The van der Waals surface area contributed by atoms with Crippen molar-refractivity contribution in [3.05, 3.63) is 24.0 Å². The summed E-state index contributed by atoms with van der Waals surface area (Å²) in [6.07, 6.45) is 4.92. The normalized spacial score (nSPS) is 10.2. The lowest BCUT2D eigenvalue weighted by Crippen LogP contribution is -2.34. The molecule has 0 unspecified atom stereocenters. The highest BCUT2D eigenvalue weighted by Gasteiger charge is 2.17. The Morgan fingerprint density at radius 2 is 2.29 bits per heavy atom. The van der Waals surface area contributed by atoms with E-state index in [2.05, 4.69) is 11.9 Å². The molecule has 1 amide bonds. The van der Waals surface area contributed by atoms with Crippen LogP contribution in [0.15, 0.2) is 18.5 Å². The molecule has 0 bridgehead atoms. The first-order valence-electron chi connectivity index (χ1n) is 5.80. The predicted molar refractivity (Wildman–Crippen MR) is 66.5 cm³/mol. The fourth-order valence-electron chi connectivity index (χ4n) is 1.54. The van der Waals surface area contributed by atoms with Crippen LogP contribution in [0.25, 0.3) is 0 Å². The monoisotopic (exact) mass is 237 g/mol. The van der Waals surface area contributed by atoms with Gasteiger partial charge in [0, 0.05) is 31.2 Å². The van der Waals surface area contributed by atoms with Gasteiger partial charge in [-0.15, -0.1) is 0 Å². The van der Waals surface area contributed by atoms with Crippen molar-refractivity contribution in [1.29, 1.82) is 0 Å². The number of aliphatic hydroxyl groups excluding tert-OH is 1. The van der Waals surface area contributed by atoms with Crippen LogP contribution in [0.2, 0.25) is 0 Å². The van der Waals surface area contributed by atoms with Crippen LogP contribution in [-0.4, -0.2) is 40.6 Å². The van der Waals surface area contributed by atoms with E-state index in [1.165, 1.54) is 6.20 Å². The number of hydrogen-bond acceptors (Lipinski definition) is 4. The van der Waals surface area contributed by atoms with E-state index in [9.17, 15) is 4.79 Å². The van der Waals surface area contributed by atoms with Crippen molar-refractivity contribution >= 4 is 11.6 Å². The number of nitrogens with zero attached hydrogens (tertiary/aromatic N) is 2. The first-order chi connectivity index (χ1) is 8.20. The molecule has 0 spiro atoms. The van der Waals surface area contributed by atoms with Gasteiger partial charge in [0.1, 0.15) is 0 Å². The van der Waals surface area contributed by atoms with Crippen LogP contribution in [0.3, 0.4) is 0 Å². The molecule has 0 saturated heterocycles. The number of carbonyl (C=O) groups is 1. The van der Waals surface area contributed by atoms with Crippen LogP contribution >= 0.6 is 0 Å². The average Bonchev–Trinajstić information content (AvgIpc) is 2.34. The van der Waals surface area contributed by atoms with E-state index in [4.69, 9.17) is 10.8 Å². The standard InChI is InChI=1S/C12H19N3O2/c1-2-3-6-15(7-8-16)12(17)10-9-14-5-4-11(10)13/h4-5,9,16H,2-3,6-8H2,1H3,(H2,13,14). The van der Waals surface area contributed by atoms with Crippen LogP contribution in [0.5, 0.6) is 0 Å². The van der Waals surface area contributed by atoms with Gasteiger partial charge in [-0.3, -0.25) is 9.78 Å². The van der Waals surface area contributed by atoms with Crippen molar-refractivity contribution in [3.8, 4) is 0 Å². The van der Waals surface area contributed by atoms with Gasteiger partial charge in [0.2, 0.25) is 0 Å². The number of amides is 1. The summed E-state index contributed by atoms with van der Waals surface area (Å²) in [6.45, 7) is 2.97. The molecule has 1 aromatic rings. The van der Waals surface area contributed by atoms with Crippen molar-refractivity contribution in [1.82, 2.24) is 9.88 Å². The number of anilines is 1. The average molecular weight is 237 g/mol. The summed E-state index contributed by atoms with van der Waals surface area (Å²) in [4.78, 5) is 17.7. The Hall–Kier alpha value is -1.62. The van der Waals surface area contributed by atoms with Gasteiger partial charge < -0.3 is 15.7 Å². The summed E-state index contributed by atoms with van der Waals surface area (Å²) < 4.78 is 0. The molecule has 5 heteroatoms. The van der Waals surface area contributed by atoms with Gasteiger partial charge in [-0.25, -0.2) is 0 Å². The van der Waals surface area contributed by atoms with E-state index >= 15 is 0 Å². The molecule has 5 nitrogen and oxygen atoms in total. The fourth-order valence-corrected chi connectivity index (χ4v) is 1.54. The highest BCUT2D eigenvalue weighted by atomic mass is 16.3. The fraction of sp³-hybridized carbons (Fsp3) is 0.500. The number of nitrogen functional groups attached to an aromatic ring is 1. The number of hydrogen-bond donors (Lipinski definition) is 2. The third kappa shape index (κ3) is 3.71. The maximum absolute atomic E-state index is 12.2. The lowest BCUT2D eigenvalue weighted by atomic mass is 10.2. The minimum absolute atomic E-state index is 0.0460. The largest absolute Gasteiger partial charge is 0.398 e. The Bertz CT molecular complexity index is 369. The number of aromatic nitrogens is 1. The number of aliphatic hydroxyl groups is 1. The summed E-state index contributed by atoms with van der Waals surface area (Å²) in [5.74, 6) is -0.168. The molecule has 0 aromatic carbocycles. The summed E-state index contributed by atoms with van der Waals surface area (Å²) in [5, 5.41) is 8.96. The molecule has 17 heavy (non-hydrogen) atoms. The Labute approximate surface area is 101 Å². The first-order valence-corrected chi connectivity index (χ1v) is 5.80. The molecular formula is C12H19N3O2. The molecule has 1 heterocycles. The maximum atomic E-state index is 12.2. The quantitative estimate of drug-likeness (QED) is 0.770. The van der Waals surface area contributed by atoms with Gasteiger partial charge in [0.25, 0.3) is 5.91 Å². The Morgan fingerprint density at radius 1 is 1.53 bits per heavy atom. The smallest absolute Gasteiger partial charge is 0.257 e. The van der Waals surface area contributed by atoms with E-state index in [-0.39, 0.29) is 12.5 Å².